The highest BCUT2D eigenvalue weighted by molar-refractivity contribution is 7.91. The zero-order valence-corrected chi connectivity index (χ0v) is 10.2. The summed E-state index contributed by atoms with van der Waals surface area (Å²) in [4.78, 5) is 0. The highest BCUT2D eigenvalue weighted by Gasteiger charge is 2.14. The smallest absolute Gasteiger partial charge is 0.150 e. The van der Waals surface area contributed by atoms with Crippen molar-refractivity contribution < 1.29 is 8.42 Å². The number of hydrogen-bond donors (Lipinski definition) is 1. The zero-order chi connectivity index (χ0) is 11.3. The highest BCUT2D eigenvalue weighted by atomic mass is 32.2. The van der Waals surface area contributed by atoms with E-state index in [2.05, 4.69) is 0 Å². The summed E-state index contributed by atoms with van der Waals surface area (Å²) in [6, 6.07) is 0.141. The molecular weight excluding hydrogens is 210 g/mol. The number of sulfone groups is 1. The summed E-state index contributed by atoms with van der Waals surface area (Å²) < 4.78 is 23.0. The molecule has 0 heterocycles. The maximum absolute atomic E-state index is 11.5. The van der Waals surface area contributed by atoms with Crippen LogP contribution in [0.3, 0.4) is 0 Å². The van der Waals surface area contributed by atoms with Crippen LogP contribution in [-0.2, 0) is 9.84 Å². The molecule has 0 saturated heterocycles. The Bertz CT molecular complexity index is 319. The van der Waals surface area contributed by atoms with Crippen molar-refractivity contribution in [1.82, 2.24) is 0 Å². The SMILES string of the molecule is CCCS(=O)(=O)CCC1=CC(N)CCC1. The molecule has 1 unspecified atom stereocenters. The molecule has 15 heavy (non-hydrogen) atoms. The summed E-state index contributed by atoms with van der Waals surface area (Å²) >= 11 is 0. The summed E-state index contributed by atoms with van der Waals surface area (Å²) in [6.45, 7) is 1.90. The second-order valence-corrected chi connectivity index (χ2v) is 6.59. The molecule has 0 fully saturated rings. The summed E-state index contributed by atoms with van der Waals surface area (Å²) in [6.07, 6.45) is 6.59. The van der Waals surface area contributed by atoms with Gasteiger partial charge in [-0.25, -0.2) is 8.42 Å². The Balaban J connectivity index is 2.43. The Kier molecular flexibility index (Phi) is 4.80. The van der Waals surface area contributed by atoms with Gasteiger partial charge in [0, 0.05) is 11.8 Å². The normalized spacial score (nSPS) is 22.5. The monoisotopic (exact) mass is 231 g/mol. The van der Waals surface area contributed by atoms with Crippen LogP contribution in [0.1, 0.15) is 39.0 Å². The van der Waals surface area contributed by atoms with E-state index >= 15 is 0 Å². The Morgan fingerprint density at radius 3 is 2.80 bits per heavy atom. The van der Waals surface area contributed by atoms with E-state index in [9.17, 15) is 8.42 Å². The van der Waals surface area contributed by atoms with Gasteiger partial charge in [-0.1, -0.05) is 18.6 Å². The van der Waals surface area contributed by atoms with Gasteiger partial charge in [0.05, 0.1) is 5.75 Å². The molecule has 1 aliphatic rings. The van der Waals surface area contributed by atoms with Gasteiger partial charge in [-0.05, 0) is 32.1 Å². The maximum atomic E-state index is 11.5. The first kappa shape index (κ1) is 12.7. The minimum atomic E-state index is -2.83. The molecule has 4 heteroatoms. The third-order valence-corrected chi connectivity index (χ3v) is 4.59. The van der Waals surface area contributed by atoms with Gasteiger partial charge in [-0.2, -0.15) is 0 Å². The van der Waals surface area contributed by atoms with E-state index in [1.54, 1.807) is 0 Å². The highest BCUT2D eigenvalue weighted by Crippen LogP contribution is 2.20. The molecule has 2 N–H and O–H groups in total. The van der Waals surface area contributed by atoms with Crippen molar-refractivity contribution in [3.05, 3.63) is 11.6 Å². The third kappa shape index (κ3) is 4.80. The van der Waals surface area contributed by atoms with E-state index in [0.717, 1.165) is 19.3 Å². The number of rotatable bonds is 5. The lowest BCUT2D eigenvalue weighted by Gasteiger charge is -2.17. The van der Waals surface area contributed by atoms with E-state index in [0.29, 0.717) is 24.3 Å². The van der Waals surface area contributed by atoms with Crippen molar-refractivity contribution >= 4 is 9.84 Å². The van der Waals surface area contributed by atoms with Crippen LogP contribution in [0.4, 0.5) is 0 Å². The van der Waals surface area contributed by atoms with Gasteiger partial charge in [-0.15, -0.1) is 0 Å². The van der Waals surface area contributed by atoms with Crippen molar-refractivity contribution in [3.8, 4) is 0 Å². The molecule has 0 bridgehead atoms. The van der Waals surface area contributed by atoms with Crippen molar-refractivity contribution in [2.75, 3.05) is 11.5 Å². The molecule has 0 spiro atoms. The van der Waals surface area contributed by atoms with Crippen LogP contribution in [0, 0.1) is 0 Å². The predicted octanol–water partition coefficient (Wildman–Crippen LogP) is 1.64. The maximum Gasteiger partial charge on any atom is 0.150 e. The minimum absolute atomic E-state index is 0.141. The van der Waals surface area contributed by atoms with Gasteiger partial charge in [0.2, 0.25) is 0 Å². The van der Waals surface area contributed by atoms with Gasteiger partial charge >= 0.3 is 0 Å². The molecule has 0 aliphatic heterocycles. The topological polar surface area (TPSA) is 60.2 Å². The molecular formula is C11H21NO2S. The van der Waals surface area contributed by atoms with Gasteiger partial charge in [0.15, 0.2) is 9.84 Å². The number of allylic oxidation sites excluding steroid dienone is 1. The van der Waals surface area contributed by atoms with E-state index in [4.69, 9.17) is 5.73 Å². The van der Waals surface area contributed by atoms with Crippen LogP contribution in [0.25, 0.3) is 0 Å². The first-order valence-electron chi connectivity index (χ1n) is 5.69. The quantitative estimate of drug-likeness (QED) is 0.732. The van der Waals surface area contributed by atoms with Crippen molar-refractivity contribution in [2.24, 2.45) is 5.73 Å². The summed E-state index contributed by atoms with van der Waals surface area (Å²) in [5.41, 5.74) is 7.03. The molecule has 3 nitrogen and oxygen atoms in total. The van der Waals surface area contributed by atoms with Crippen LogP contribution in [0.5, 0.6) is 0 Å². The zero-order valence-electron chi connectivity index (χ0n) is 9.41. The Morgan fingerprint density at radius 1 is 1.47 bits per heavy atom. The van der Waals surface area contributed by atoms with Gasteiger partial charge in [0.25, 0.3) is 0 Å². The van der Waals surface area contributed by atoms with Gasteiger partial charge in [-0.3, -0.25) is 0 Å². The van der Waals surface area contributed by atoms with E-state index in [1.165, 1.54) is 5.57 Å². The molecule has 0 aromatic rings. The molecule has 1 atom stereocenters. The fourth-order valence-electron chi connectivity index (χ4n) is 1.94. The lowest BCUT2D eigenvalue weighted by Crippen LogP contribution is -2.21. The molecule has 0 aromatic heterocycles. The average Bonchev–Trinajstić information content (AvgIpc) is 2.15. The predicted molar refractivity (Wildman–Crippen MR) is 63.5 cm³/mol. The lowest BCUT2D eigenvalue weighted by molar-refractivity contribution is 0.587. The fraction of sp³-hybridized carbons (Fsp3) is 0.818. The van der Waals surface area contributed by atoms with Crippen LogP contribution >= 0.6 is 0 Å². The van der Waals surface area contributed by atoms with Crippen LogP contribution in [0.2, 0.25) is 0 Å². The minimum Gasteiger partial charge on any atom is -0.324 e. The fourth-order valence-corrected chi connectivity index (χ4v) is 3.34. The number of nitrogens with two attached hydrogens (primary N) is 1. The summed E-state index contributed by atoms with van der Waals surface area (Å²) in [7, 11) is -2.83. The second kappa shape index (κ2) is 5.66. The Labute approximate surface area is 92.7 Å². The molecule has 0 amide bonds. The Hall–Kier alpha value is -0.350. The van der Waals surface area contributed by atoms with E-state index in [-0.39, 0.29) is 6.04 Å². The lowest BCUT2D eigenvalue weighted by atomic mass is 9.95. The van der Waals surface area contributed by atoms with Crippen molar-refractivity contribution in [2.45, 2.75) is 45.1 Å². The summed E-state index contributed by atoms with van der Waals surface area (Å²) in [5.74, 6) is 0.603. The van der Waals surface area contributed by atoms with E-state index < -0.39 is 9.84 Å². The average molecular weight is 231 g/mol. The Morgan fingerprint density at radius 2 is 2.20 bits per heavy atom. The van der Waals surface area contributed by atoms with Gasteiger partial charge < -0.3 is 5.73 Å². The molecule has 1 aliphatic carbocycles. The van der Waals surface area contributed by atoms with Crippen LogP contribution in [-0.4, -0.2) is 26.0 Å². The van der Waals surface area contributed by atoms with Crippen molar-refractivity contribution in [1.29, 1.82) is 0 Å². The molecule has 0 radical (unpaired) electrons. The largest absolute Gasteiger partial charge is 0.324 e. The van der Waals surface area contributed by atoms with Crippen LogP contribution in [0.15, 0.2) is 11.6 Å². The standard InChI is InChI=1S/C11H21NO2S/c1-2-7-15(13,14)8-6-10-4-3-5-11(12)9-10/h9,11H,2-8,12H2,1H3. The number of hydrogen-bond acceptors (Lipinski definition) is 3. The molecule has 0 aromatic carbocycles. The molecule has 0 saturated carbocycles. The molecule has 1 rings (SSSR count). The molecule has 88 valence electrons. The second-order valence-electron chi connectivity index (χ2n) is 4.28. The first-order chi connectivity index (χ1) is 7.03. The van der Waals surface area contributed by atoms with E-state index in [1.807, 2.05) is 13.0 Å². The van der Waals surface area contributed by atoms with Gasteiger partial charge in [0.1, 0.15) is 0 Å². The van der Waals surface area contributed by atoms with Crippen molar-refractivity contribution in [3.63, 3.8) is 0 Å². The summed E-state index contributed by atoms with van der Waals surface area (Å²) in [5, 5.41) is 0. The van der Waals surface area contributed by atoms with Crippen LogP contribution < -0.4 is 5.73 Å². The third-order valence-electron chi connectivity index (χ3n) is 2.73. The first-order valence-corrected chi connectivity index (χ1v) is 7.51.